The van der Waals surface area contributed by atoms with Gasteiger partial charge in [0, 0.05) is 24.4 Å². The highest BCUT2D eigenvalue weighted by Crippen LogP contribution is 2.20. The first kappa shape index (κ1) is 32.3. The van der Waals surface area contributed by atoms with E-state index in [4.69, 9.17) is 15.3 Å². The molecule has 0 unspecified atom stereocenters. The van der Waals surface area contributed by atoms with E-state index in [1.807, 2.05) is 0 Å². The Morgan fingerprint density at radius 1 is 1.00 bits per heavy atom. The first-order valence-corrected chi connectivity index (χ1v) is 9.47. The van der Waals surface area contributed by atoms with E-state index in [1.165, 1.54) is 12.1 Å². The highest BCUT2D eigenvalue weighted by atomic mass is 79.9. The number of aromatic hydroxyl groups is 1. The molecule has 172 valence electrons. The molecule has 0 saturated heterocycles. The van der Waals surface area contributed by atoms with Crippen LogP contribution in [0, 0.1) is 0 Å². The predicted molar refractivity (Wildman–Crippen MR) is 111 cm³/mol. The second kappa shape index (κ2) is 16.4. The number of halogens is 1. The molecule has 8 nitrogen and oxygen atoms in total. The first-order chi connectivity index (χ1) is 12.9. The van der Waals surface area contributed by atoms with Crippen LogP contribution < -0.4 is 27.4 Å². The third kappa shape index (κ3) is 16.1. The Morgan fingerprint density at radius 3 is 1.62 bits per heavy atom. The summed E-state index contributed by atoms with van der Waals surface area (Å²) in [4.78, 5) is 10.3. The molecule has 0 aliphatic rings. The third-order valence-electron chi connectivity index (χ3n) is 4.63. The van der Waals surface area contributed by atoms with Crippen LogP contribution in [0.15, 0.2) is 18.2 Å². The lowest BCUT2D eigenvalue weighted by Gasteiger charge is -2.26. The van der Waals surface area contributed by atoms with Gasteiger partial charge in [-0.05, 0) is 26.0 Å². The minimum Gasteiger partial charge on any atom is -1.00 e. The number of carbonyl (C=O) groups is 1. The number of nitrogens with zero attached hydrogens (tertiary/aromatic N) is 2. The van der Waals surface area contributed by atoms with Gasteiger partial charge >= 0.3 is 0 Å². The van der Waals surface area contributed by atoms with E-state index in [2.05, 4.69) is 47.4 Å². The number of anilines is 1. The summed E-state index contributed by atoms with van der Waals surface area (Å²) in [6, 6.07) is 4.16. The van der Waals surface area contributed by atoms with Crippen LogP contribution in [0.4, 0.5) is 5.69 Å². The molecule has 1 aromatic carbocycles. The molecule has 1 rings (SSSR count). The molecular weight excluding hydrogens is 442 g/mol. The van der Waals surface area contributed by atoms with Crippen molar-refractivity contribution in [2.45, 2.75) is 13.8 Å². The van der Waals surface area contributed by atoms with Crippen LogP contribution in [-0.2, 0) is 0 Å². The van der Waals surface area contributed by atoms with E-state index in [0.717, 1.165) is 35.1 Å². The van der Waals surface area contributed by atoms with Crippen molar-refractivity contribution >= 4 is 11.7 Å². The standard InChI is InChI=1S/C8H9NO3.2C6H16NO.BrH/c1-9-5-2-3-6(8(11)12)7(10)4-5;2*1-4-7(2,3)5-6-8;/h2-4,9-10H,1H3,(H,11,12);2*8H,4-6H2,1-3H3;1H/q;2*+1;/p-2. The second-order valence-electron chi connectivity index (χ2n) is 7.67. The Bertz CT molecular complexity index is 551. The number of aromatic carboxylic acids is 1. The number of hydrogen-bond donors (Lipinski definition) is 4. The van der Waals surface area contributed by atoms with Gasteiger partial charge in [-0.3, -0.25) is 0 Å². The van der Waals surface area contributed by atoms with Gasteiger partial charge < -0.3 is 56.5 Å². The van der Waals surface area contributed by atoms with Gasteiger partial charge in [0.25, 0.3) is 0 Å². The average Bonchev–Trinajstić information content (AvgIpc) is 2.62. The Labute approximate surface area is 186 Å². The van der Waals surface area contributed by atoms with Gasteiger partial charge in [-0.15, -0.1) is 0 Å². The van der Waals surface area contributed by atoms with Crippen molar-refractivity contribution in [1.82, 2.24) is 0 Å². The second-order valence-corrected chi connectivity index (χ2v) is 7.67. The maximum atomic E-state index is 10.3. The van der Waals surface area contributed by atoms with Gasteiger partial charge in [0.2, 0.25) is 0 Å². The van der Waals surface area contributed by atoms with Gasteiger partial charge in [-0.2, -0.15) is 0 Å². The molecule has 0 spiro atoms. The van der Waals surface area contributed by atoms with Crippen LogP contribution in [-0.4, -0.2) is 105 Å². The van der Waals surface area contributed by atoms with Crippen LogP contribution in [0.2, 0.25) is 0 Å². The van der Waals surface area contributed by atoms with Crippen LogP contribution in [0.1, 0.15) is 24.2 Å². The Balaban J connectivity index is -0.000000357. The predicted octanol–water partition coefficient (Wildman–Crippen LogP) is -3.05. The zero-order valence-electron chi connectivity index (χ0n) is 18.9. The maximum absolute atomic E-state index is 10.3. The molecule has 0 atom stereocenters. The average molecular weight is 482 g/mol. The third-order valence-corrected chi connectivity index (χ3v) is 4.63. The summed E-state index contributed by atoms with van der Waals surface area (Å²) < 4.78 is 1.83. The quantitative estimate of drug-likeness (QED) is 0.293. The molecule has 0 aromatic heterocycles. The largest absolute Gasteiger partial charge is 1.00 e. The van der Waals surface area contributed by atoms with Crippen LogP contribution in [0.25, 0.3) is 0 Å². The van der Waals surface area contributed by atoms with E-state index in [9.17, 15) is 9.90 Å². The molecule has 0 amide bonds. The molecular formula is C20H40BrN3O5. The van der Waals surface area contributed by atoms with Crippen LogP contribution >= 0.6 is 0 Å². The molecule has 0 fully saturated rings. The summed E-state index contributed by atoms with van der Waals surface area (Å²) in [6.45, 7) is 8.71. The number of benzene rings is 1. The zero-order chi connectivity index (χ0) is 22.4. The monoisotopic (exact) mass is 481 g/mol. The zero-order valence-corrected chi connectivity index (χ0v) is 20.5. The molecule has 0 aliphatic carbocycles. The molecule has 0 aliphatic heterocycles. The van der Waals surface area contributed by atoms with E-state index in [0.29, 0.717) is 18.9 Å². The molecule has 9 heteroatoms. The number of aliphatic hydroxyl groups excluding tert-OH is 2. The van der Waals surface area contributed by atoms with E-state index >= 15 is 0 Å². The van der Waals surface area contributed by atoms with Crippen molar-refractivity contribution in [1.29, 1.82) is 0 Å². The molecule has 0 saturated carbocycles. The van der Waals surface area contributed by atoms with Gasteiger partial charge in [-0.25, -0.2) is 0 Å². The summed E-state index contributed by atoms with van der Waals surface area (Å²) in [7, 11) is 10.1. The van der Waals surface area contributed by atoms with Crippen molar-refractivity contribution in [3.8, 4) is 5.75 Å². The number of carboxylic acid groups (broad SMARTS) is 1. The Hall–Kier alpha value is -1.39. The normalized spacial score (nSPS) is 10.5. The van der Waals surface area contributed by atoms with Crippen molar-refractivity contribution in [2.24, 2.45) is 0 Å². The van der Waals surface area contributed by atoms with Gasteiger partial charge in [-0.1, -0.05) is 0 Å². The number of likely N-dealkylation sites (N-methyl/N-ethyl adjacent to an activating group) is 2. The number of carbonyl (C=O) groups excluding carboxylic acids is 1. The molecule has 0 radical (unpaired) electrons. The smallest absolute Gasteiger partial charge is 0.126 e. The lowest BCUT2D eigenvalue weighted by atomic mass is 10.2. The molecule has 1 aromatic rings. The molecule has 29 heavy (non-hydrogen) atoms. The number of hydrogen-bond acceptors (Lipinski definition) is 6. The van der Waals surface area contributed by atoms with Crippen LogP contribution in [0.3, 0.4) is 0 Å². The van der Waals surface area contributed by atoms with Gasteiger partial charge in [0.15, 0.2) is 0 Å². The summed E-state index contributed by atoms with van der Waals surface area (Å²) in [5, 5.41) is 39.3. The SMILES string of the molecule is CC[N+](C)(C)CCO.CC[N+](C)(C)CCO.CNc1ccc(C(=O)[O-])c(O)c1.[Br-]. The van der Waals surface area contributed by atoms with E-state index < -0.39 is 5.97 Å². The lowest BCUT2D eigenvalue weighted by molar-refractivity contribution is -0.888. The van der Waals surface area contributed by atoms with Crippen molar-refractivity contribution in [3.63, 3.8) is 0 Å². The number of phenols is 1. The fraction of sp³-hybridized carbons (Fsp3) is 0.650. The molecule has 0 bridgehead atoms. The van der Waals surface area contributed by atoms with Crippen molar-refractivity contribution in [3.05, 3.63) is 23.8 Å². The minimum absolute atomic E-state index is 0. The number of aliphatic hydroxyl groups is 2. The minimum atomic E-state index is -1.38. The summed E-state index contributed by atoms with van der Waals surface area (Å²) >= 11 is 0. The number of rotatable bonds is 8. The topological polar surface area (TPSA) is 113 Å². The highest BCUT2D eigenvalue weighted by Gasteiger charge is 2.09. The summed E-state index contributed by atoms with van der Waals surface area (Å²) in [5.74, 6) is -1.67. The number of quaternary nitrogens is 2. The maximum Gasteiger partial charge on any atom is 0.126 e. The van der Waals surface area contributed by atoms with Gasteiger partial charge in [0.05, 0.1) is 60.5 Å². The van der Waals surface area contributed by atoms with E-state index in [1.54, 1.807) is 13.1 Å². The van der Waals surface area contributed by atoms with Crippen LogP contribution in [0.5, 0.6) is 5.75 Å². The Morgan fingerprint density at radius 2 is 1.41 bits per heavy atom. The summed E-state index contributed by atoms with van der Waals surface area (Å²) in [6.07, 6.45) is 0. The Kier molecular flexibility index (Phi) is 18.3. The summed E-state index contributed by atoms with van der Waals surface area (Å²) in [5.41, 5.74) is 0.450. The number of nitrogens with one attached hydrogen (secondary N) is 1. The fourth-order valence-electron chi connectivity index (χ4n) is 1.72. The van der Waals surface area contributed by atoms with Crippen molar-refractivity contribution < 1.29 is 51.2 Å². The van der Waals surface area contributed by atoms with E-state index in [-0.39, 0.29) is 28.3 Å². The first-order valence-electron chi connectivity index (χ1n) is 9.47. The lowest BCUT2D eigenvalue weighted by Crippen LogP contribution is -3.00. The van der Waals surface area contributed by atoms with Gasteiger partial charge in [0.1, 0.15) is 18.8 Å². The highest BCUT2D eigenvalue weighted by molar-refractivity contribution is 5.89. The van der Waals surface area contributed by atoms with Crippen molar-refractivity contribution in [2.75, 3.05) is 79.9 Å². The molecule has 0 heterocycles. The number of carboxylic acids is 1. The molecule has 4 N–H and O–H groups in total. The fourth-order valence-corrected chi connectivity index (χ4v) is 1.72.